The van der Waals surface area contributed by atoms with Gasteiger partial charge in [-0.1, -0.05) is 23.5 Å². The van der Waals surface area contributed by atoms with Crippen LogP contribution in [0.3, 0.4) is 0 Å². The van der Waals surface area contributed by atoms with Gasteiger partial charge in [0.25, 0.3) is 5.91 Å². The maximum atomic E-state index is 12.4. The molecule has 21 heavy (non-hydrogen) atoms. The van der Waals surface area contributed by atoms with Gasteiger partial charge < -0.3 is 11.1 Å². The summed E-state index contributed by atoms with van der Waals surface area (Å²) in [5.74, 6) is 5.50. The molecule has 4 heteroatoms. The number of carbonyl (C=O) groups is 1. The first-order chi connectivity index (χ1) is 10.1. The van der Waals surface area contributed by atoms with Gasteiger partial charge in [-0.05, 0) is 38.1 Å². The van der Waals surface area contributed by atoms with Crippen LogP contribution in [0.4, 0.5) is 5.69 Å². The zero-order valence-electron chi connectivity index (χ0n) is 12.1. The minimum absolute atomic E-state index is 0.203. The van der Waals surface area contributed by atoms with E-state index >= 15 is 0 Å². The molecule has 0 saturated carbocycles. The van der Waals surface area contributed by atoms with Crippen LogP contribution < -0.4 is 11.1 Å². The molecule has 1 heterocycles. The number of amides is 1. The SMILES string of the molecule is Cc1ccc(C#CCN)c(C(=O)Nc2ccc(C)nc2)c1. The monoisotopic (exact) mass is 279 g/mol. The normalized spacial score (nSPS) is 9.67. The Labute approximate surface area is 124 Å². The lowest BCUT2D eigenvalue weighted by Gasteiger charge is -2.08. The molecule has 0 aliphatic carbocycles. The Hall–Kier alpha value is -2.64. The summed E-state index contributed by atoms with van der Waals surface area (Å²) < 4.78 is 0. The van der Waals surface area contributed by atoms with E-state index in [1.54, 1.807) is 6.20 Å². The predicted octanol–water partition coefficient (Wildman–Crippen LogP) is 2.26. The van der Waals surface area contributed by atoms with Crippen molar-refractivity contribution in [3.8, 4) is 11.8 Å². The molecule has 1 aromatic carbocycles. The number of nitrogens with zero attached hydrogens (tertiary/aromatic N) is 1. The minimum atomic E-state index is -0.203. The smallest absolute Gasteiger partial charge is 0.256 e. The van der Waals surface area contributed by atoms with Gasteiger partial charge in [-0.3, -0.25) is 9.78 Å². The van der Waals surface area contributed by atoms with Crippen LogP contribution in [-0.2, 0) is 0 Å². The lowest BCUT2D eigenvalue weighted by atomic mass is 10.0. The first-order valence-corrected chi connectivity index (χ1v) is 6.64. The molecule has 2 rings (SSSR count). The summed E-state index contributed by atoms with van der Waals surface area (Å²) in [6.45, 7) is 4.09. The fourth-order valence-corrected chi connectivity index (χ4v) is 1.84. The Morgan fingerprint density at radius 2 is 2.10 bits per heavy atom. The number of nitrogens with one attached hydrogen (secondary N) is 1. The van der Waals surface area contributed by atoms with Crippen LogP contribution >= 0.6 is 0 Å². The number of hydrogen-bond donors (Lipinski definition) is 2. The van der Waals surface area contributed by atoms with Crippen molar-refractivity contribution in [3.63, 3.8) is 0 Å². The third kappa shape index (κ3) is 3.91. The van der Waals surface area contributed by atoms with Gasteiger partial charge in [-0.25, -0.2) is 0 Å². The summed E-state index contributed by atoms with van der Waals surface area (Å²) in [6.07, 6.45) is 1.63. The molecule has 1 aromatic heterocycles. The van der Waals surface area contributed by atoms with Gasteiger partial charge in [0.2, 0.25) is 0 Å². The van der Waals surface area contributed by atoms with Crippen LogP contribution in [0.15, 0.2) is 36.5 Å². The van der Waals surface area contributed by atoms with E-state index in [2.05, 4.69) is 22.1 Å². The minimum Gasteiger partial charge on any atom is -0.321 e. The highest BCUT2D eigenvalue weighted by atomic mass is 16.1. The van der Waals surface area contributed by atoms with Crippen molar-refractivity contribution in [1.82, 2.24) is 4.98 Å². The van der Waals surface area contributed by atoms with Crippen LogP contribution in [0, 0.1) is 25.7 Å². The summed E-state index contributed by atoms with van der Waals surface area (Å²) >= 11 is 0. The van der Waals surface area contributed by atoms with Crippen molar-refractivity contribution in [2.24, 2.45) is 5.73 Å². The van der Waals surface area contributed by atoms with Crippen LogP contribution in [0.25, 0.3) is 0 Å². The third-order valence-corrected chi connectivity index (χ3v) is 2.91. The lowest BCUT2D eigenvalue weighted by Crippen LogP contribution is -2.14. The largest absolute Gasteiger partial charge is 0.321 e. The van der Waals surface area contributed by atoms with E-state index in [9.17, 15) is 4.79 Å². The molecule has 0 aliphatic heterocycles. The number of nitrogens with two attached hydrogens (primary N) is 1. The molecular formula is C17H17N3O. The van der Waals surface area contributed by atoms with E-state index in [-0.39, 0.29) is 12.5 Å². The van der Waals surface area contributed by atoms with E-state index < -0.39 is 0 Å². The maximum Gasteiger partial charge on any atom is 0.256 e. The van der Waals surface area contributed by atoms with Crippen molar-refractivity contribution in [2.45, 2.75) is 13.8 Å². The van der Waals surface area contributed by atoms with Gasteiger partial charge in [-0.15, -0.1) is 0 Å². The van der Waals surface area contributed by atoms with E-state index in [1.165, 1.54) is 0 Å². The highest BCUT2D eigenvalue weighted by molar-refractivity contribution is 6.06. The Balaban J connectivity index is 2.29. The number of rotatable bonds is 2. The summed E-state index contributed by atoms with van der Waals surface area (Å²) in [4.78, 5) is 16.6. The number of hydrogen-bond acceptors (Lipinski definition) is 3. The second-order valence-electron chi connectivity index (χ2n) is 4.70. The van der Waals surface area contributed by atoms with E-state index in [1.807, 2.05) is 44.2 Å². The Bertz CT molecular complexity index is 709. The summed E-state index contributed by atoms with van der Waals surface area (Å²) in [6, 6.07) is 9.24. The molecule has 0 radical (unpaired) electrons. The molecule has 1 amide bonds. The molecule has 0 fully saturated rings. The number of carbonyl (C=O) groups excluding carboxylic acids is 1. The van der Waals surface area contributed by atoms with Gasteiger partial charge >= 0.3 is 0 Å². The van der Waals surface area contributed by atoms with E-state index in [0.29, 0.717) is 16.8 Å². The summed E-state index contributed by atoms with van der Waals surface area (Å²) in [5, 5.41) is 2.83. The second-order valence-corrected chi connectivity index (χ2v) is 4.70. The highest BCUT2D eigenvalue weighted by Gasteiger charge is 2.11. The van der Waals surface area contributed by atoms with Gasteiger partial charge in [0.1, 0.15) is 0 Å². The molecule has 0 aliphatic rings. The van der Waals surface area contributed by atoms with Crippen molar-refractivity contribution >= 4 is 11.6 Å². The number of aryl methyl sites for hydroxylation is 2. The van der Waals surface area contributed by atoms with Crippen molar-refractivity contribution < 1.29 is 4.79 Å². The highest BCUT2D eigenvalue weighted by Crippen LogP contribution is 2.14. The van der Waals surface area contributed by atoms with E-state index in [0.717, 1.165) is 11.3 Å². The summed E-state index contributed by atoms with van der Waals surface area (Å²) in [7, 11) is 0. The molecule has 2 aromatic rings. The van der Waals surface area contributed by atoms with Crippen molar-refractivity contribution in [3.05, 3.63) is 58.9 Å². The third-order valence-electron chi connectivity index (χ3n) is 2.91. The molecule has 0 atom stereocenters. The Morgan fingerprint density at radius 1 is 1.29 bits per heavy atom. The number of anilines is 1. The summed E-state index contributed by atoms with van der Waals surface area (Å²) in [5.41, 5.74) is 9.15. The van der Waals surface area contributed by atoms with Crippen molar-refractivity contribution in [1.29, 1.82) is 0 Å². The topological polar surface area (TPSA) is 68.0 Å². The quantitative estimate of drug-likeness (QED) is 0.829. The molecule has 4 nitrogen and oxygen atoms in total. The number of benzene rings is 1. The standard InChI is InChI=1S/C17H17N3O/c1-12-5-7-14(4-3-9-18)16(10-12)17(21)20-15-8-6-13(2)19-11-15/h5-8,10-11H,9,18H2,1-2H3,(H,20,21). The Kier molecular flexibility index (Phi) is 4.70. The fourth-order valence-electron chi connectivity index (χ4n) is 1.84. The van der Waals surface area contributed by atoms with Crippen molar-refractivity contribution in [2.75, 3.05) is 11.9 Å². The molecule has 0 unspecified atom stereocenters. The zero-order valence-corrected chi connectivity index (χ0v) is 12.1. The van der Waals surface area contributed by atoms with Gasteiger partial charge in [-0.2, -0.15) is 0 Å². The number of aromatic nitrogens is 1. The van der Waals surface area contributed by atoms with Gasteiger partial charge in [0.15, 0.2) is 0 Å². The van der Waals surface area contributed by atoms with E-state index in [4.69, 9.17) is 5.73 Å². The first kappa shape index (κ1) is 14.8. The molecule has 0 spiro atoms. The number of pyridine rings is 1. The molecule has 0 saturated heterocycles. The average molecular weight is 279 g/mol. The average Bonchev–Trinajstić information content (AvgIpc) is 2.48. The Morgan fingerprint density at radius 3 is 2.76 bits per heavy atom. The van der Waals surface area contributed by atoms with Crippen LogP contribution in [-0.4, -0.2) is 17.4 Å². The molecule has 106 valence electrons. The van der Waals surface area contributed by atoms with Crippen LogP contribution in [0.1, 0.15) is 27.2 Å². The maximum absolute atomic E-state index is 12.4. The molecule has 0 bridgehead atoms. The van der Waals surface area contributed by atoms with Crippen LogP contribution in [0.2, 0.25) is 0 Å². The molecule has 3 N–H and O–H groups in total. The first-order valence-electron chi connectivity index (χ1n) is 6.64. The van der Waals surface area contributed by atoms with Crippen LogP contribution in [0.5, 0.6) is 0 Å². The second kappa shape index (κ2) is 6.69. The van der Waals surface area contributed by atoms with Gasteiger partial charge in [0.05, 0.1) is 24.0 Å². The van der Waals surface area contributed by atoms with Gasteiger partial charge in [0, 0.05) is 11.3 Å². The fraction of sp³-hybridized carbons (Fsp3) is 0.176. The zero-order chi connectivity index (χ0) is 15.2. The lowest BCUT2D eigenvalue weighted by molar-refractivity contribution is 0.102. The predicted molar refractivity (Wildman–Crippen MR) is 84.0 cm³/mol. The molecular weight excluding hydrogens is 262 g/mol.